The van der Waals surface area contributed by atoms with Gasteiger partial charge in [0.1, 0.15) is 10.6 Å². The van der Waals surface area contributed by atoms with Crippen molar-refractivity contribution in [2.75, 3.05) is 6.61 Å². The van der Waals surface area contributed by atoms with E-state index >= 15 is 0 Å². The third kappa shape index (κ3) is 2.84. The van der Waals surface area contributed by atoms with Gasteiger partial charge in [-0.25, -0.2) is 13.1 Å². The van der Waals surface area contributed by atoms with Gasteiger partial charge in [0.2, 0.25) is 10.0 Å². The van der Waals surface area contributed by atoms with Crippen molar-refractivity contribution >= 4 is 27.3 Å². The molecular weight excluding hydrogens is 274 g/mol. The van der Waals surface area contributed by atoms with Crippen molar-refractivity contribution in [3.8, 4) is 5.75 Å². The van der Waals surface area contributed by atoms with Crippen LogP contribution in [0.2, 0.25) is 0 Å². The van der Waals surface area contributed by atoms with Gasteiger partial charge in [-0.3, -0.25) is 4.79 Å². The third-order valence-corrected chi connectivity index (χ3v) is 5.37. The van der Waals surface area contributed by atoms with Gasteiger partial charge < -0.3 is 4.74 Å². The number of aryl methyl sites for hydroxylation is 1. The van der Waals surface area contributed by atoms with Crippen molar-refractivity contribution < 1.29 is 17.9 Å². The lowest BCUT2D eigenvalue weighted by Crippen LogP contribution is -2.32. The zero-order valence-corrected chi connectivity index (χ0v) is 11.9. The normalized spacial score (nSPS) is 15.4. The number of rotatable bonds is 5. The second-order valence-corrected chi connectivity index (χ2v) is 7.38. The van der Waals surface area contributed by atoms with Gasteiger partial charge in [0.25, 0.3) is 5.91 Å². The molecule has 0 aliphatic heterocycles. The summed E-state index contributed by atoms with van der Waals surface area (Å²) < 4.78 is 30.8. The van der Waals surface area contributed by atoms with Gasteiger partial charge in [0.15, 0.2) is 0 Å². The quantitative estimate of drug-likeness (QED) is 0.895. The minimum absolute atomic E-state index is 0.318. The maximum absolute atomic E-state index is 11.9. The van der Waals surface area contributed by atoms with E-state index in [1.54, 1.807) is 6.07 Å². The maximum Gasteiger partial charge on any atom is 0.278 e. The first-order chi connectivity index (χ1) is 8.44. The van der Waals surface area contributed by atoms with Crippen molar-refractivity contribution in [2.24, 2.45) is 0 Å². The Balaban J connectivity index is 2.18. The minimum Gasteiger partial charge on any atom is -0.492 e. The molecule has 1 amide bonds. The van der Waals surface area contributed by atoms with E-state index in [0.717, 1.165) is 4.88 Å². The first-order valence-electron chi connectivity index (χ1n) is 5.73. The molecule has 7 heteroatoms. The minimum atomic E-state index is -3.51. The summed E-state index contributed by atoms with van der Waals surface area (Å²) in [7, 11) is -3.51. The summed E-state index contributed by atoms with van der Waals surface area (Å²) in [4.78, 5) is 13.2. The number of sulfonamides is 1. The molecule has 0 radical (unpaired) electrons. The number of carbonyl (C=O) groups is 1. The highest BCUT2D eigenvalue weighted by atomic mass is 32.2. The van der Waals surface area contributed by atoms with Gasteiger partial charge in [0.05, 0.1) is 11.9 Å². The molecular formula is C11H15NO4S2. The molecule has 1 heterocycles. The largest absolute Gasteiger partial charge is 0.492 e. The second-order valence-electron chi connectivity index (χ2n) is 4.16. The number of carbonyl (C=O) groups excluding carboxylic acids is 1. The molecule has 2 rings (SSSR count). The molecule has 0 unspecified atom stereocenters. The molecule has 0 bridgehead atoms. The number of ether oxygens (including phenoxy) is 1. The van der Waals surface area contributed by atoms with E-state index in [1.807, 2.05) is 13.8 Å². The van der Waals surface area contributed by atoms with Crippen LogP contribution in [0.15, 0.2) is 6.07 Å². The van der Waals surface area contributed by atoms with E-state index < -0.39 is 21.2 Å². The summed E-state index contributed by atoms with van der Waals surface area (Å²) >= 11 is 1.23. The van der Waals surface area contributed by atoms with E-state index in [9.17, 15) is 13.2 Å². The highest BCUT2D eigenvalue weighted by Crippen LogP contribution is 2.31. The molecule has 100 valence electrons. The Morgan fingerprint density at radius 1 is 1.56 bits per heavy atom. The molecule has 0 saturated heterocycles. The van der Waals surface area contributed by atoms with E-state index in [0.29, 0.717) is 30.1 Å². The van der Waals surface area contributed by atoms with Crippen LogP contribution >= 0.6 is 11.3 Å². The topological polar surface area (TPSA) is 72.5 Å². The Morgan fingerprint density at radius 3 is 2.78 bits per heavy atom. The van der Waals surface area contributed by atoms with Crippen LogP contribution in [0.4, 0.5) is 0 Å². The number of hydrogen-bond donors (Lipinski definition) is 1. The van der Waals surface area contributed by atoms with Crippen LogP contribution in [-0.2, 0) is 10.0 Å². The average molecular weight is 289 g/mol. The molecule has 1 aliphatic carbocycles. The molecule has 1 saturated carbocycles. The van der Waals surface area contributed by atoms with Crippen LogP contribution in [-0.4, -0.2) is 26.2 Å². The van der Waals surface area contributed by atoms with Crippen LogP contribution in [0.1, 0.15) is 34.3 Å². The van der Waals surface area contributed by atoms with E-state index in [4.69, 9.17) is 4.74 Å². The van der Waals surface area contributed by atoms with Gasteiger partial charge in [-0.15, -0.1) is 11.3 Å². The second kappa shape index (κ2) is 4.89. The highest BCUT2D eigenvalue weighted by molar-refractivity contribution is 7.91. The fraction of sp³-hybridized carbons (Fsp3) is 0.545. The Labute approximate surface area is 110 Å². The standard InChI is InChI=1S/C11H15NO4S2/c1-3-16-9-6-7(2)17-10(9)11(13)12-18(14,15)8-4-5-8/h6,8H,3-5H2,1-2H3,(H,12,13). The molecule has 0 aromatic carbocycles. The van der Waals surface area contributed by atoms with E-state index in [2.05, 4.69) is 4.72 Å². The monoisotopic (exact) mass is 289 g/mol. The third-order valence-electron chi connectivity index (χ3n) is 2.53. The fourth-order valence-electron chi connectivity index (χ4n) is 1.55. The predicted molar refractivity (Wildman–Crippen MR) is 69.6 cm³/mol. The summed E-state index contributed by atoms with van der Waals surface area (Å²) in [6, 6.07) is 1.74. The van der Waals surface area contributed by atoms with E-state index in [-0.39, 0.29) is 0 Å². The predicted octanol–water partition coefficient (Wildman–Crippen LogP) is 1.68. The molecule has 1 N–H and O–H groups in total. The summed E-state index contributed by atoms with van der Waals surface area (Å²) in [5.41, 5.74) is 0. The van der Waals surface area contributed by atoms with Crippen LogP contribution in [0.3, 0.4) is 0 Å². The zero-order chi connectivity index (χ0) is 13.3. The van der Waals surface area contributed by atoms with Gasteiger partial charge in [-0.05, 0) is 32.8 Å². The number of thiophene rings is 1. The molecule has 1 aromatic heterocycles. The van der Waals surface area contributed by atoms with Gasteiger partial charge in [-0.2, -0.15) is 0 Å². The lowest BCUT2D eigenvalue weighted by molar-refractivity contribution is 0.0982. The molecule has 1 fully saturated rings. The Kier molecular flexibility index (Phi) is 3.63. The summed E-state index contributed by atoms with van der Waals surface area (Å²) in [6.07, 6.45) is 1.26. The fourth-order valence-corrected chi connectivity index (χ4v) is 3.75. The molecule has 0 atom stereocenters. The highest BCUT2D eigenvalue weighted by Gasteiger charge is 2.37. The zero-order valence-electron chi connectivity index (χ0n) is 10.2. The van der Waals surface area contributed by atoms with E-state index in [1.165, 1.54) is 11.3 Å². The van der Waals surface area contributed by atoms with Crippen LogP contribution in [0.5, 0.6) is 5.75 Å². The Bertz CT molecular complexity index is 558. The van der Waals surface area contributed by atoms with Crippen molar-refractivity contribution in [1.82, 2.24) is 4.72 Å². The van der Waals surface area contributed by atoms with Crippen LogP contribution in [0.25, 0.3) is 0 Å². The number of hydrogen-bond acceptors (Lipinski definition) is 5. The lowest BCUT2D eigenvalue weighted by atomic mass is 10.4. The summed E-state index contributed by atoms with van der Waals surface area (Å²) in [5.74, 6) is -0.146. The van der Waals surface area contributed by atoms with Crippen LogP contribution < -0.4 is 9.46 Å². The molecule has 18 heavy (non-hydrogen) atoms. The van der Waals surface area contributed by atoms with Crippen molar-refractivity contribution in [3.63, 3.8) is 0 Å². The van der Waals surface area contributed by atoms with Gasteiger partial charge >= 0.3 is 0 Å². The first-order valence-corrected chi connectivity index (χ1v) is 8.09. The molecule has 1 aromatic rings. The smallest absolute Gasteiger partial charge is 0.278 e. The molecule has 0 spiro atoms. The Morgan fingerprint density at radius 2 is 2.22 bits per heavy atom. The van der Waals surface area contributed by atoms with Gasteiger partial charge in [0, 0.05) is 4.88 Å². The summed E-state index contributed by atoms with van der Waals surface area (Å²) in [5, 5.41) is -0.405. The van der Waals surface area contributed by atoms with Gasteiger partial charge in [-0.1, -0.05) is 0 Å². The van der Waals surface area contributed by atoms with Crippen LogP contribution in [0, 0.1) is 6.92 Å². The molecule has 5 nitrogen and oxygen atoms in total. The Hall–Kier alpha value is -1.08. The number of amides is 1. The first kappa shape index (κ1) is 13.4. The van der Waals surface area contributed by atoms with Crippen molar-refractivity contribution in [2.45, 2.75) is 31.9 Å². The average Bonchev–Trinajstić information content (AvgIpc) is 3.04. The van der Waals surface area contributed by atoms with Crippen molar-refractivity contribution in [1.29, 1.82) is 0 Å². The molecule has 1 aliphatic rings. The SMILES string of the molecule is CCOc1cc(C)sc1C(=O)NS(=O)(=O)C1CC1. The maximum atomic E-state index is 11.9. The summed E-state index contributed by atoms with van der Waals surface area (Å²) in [6.45, 7) is 4.10. The van der Waals surface area contributed by atoms with Crippen molar-refractivity contribution in [3.05, 3.63) is 15.8 Å². The lowest BCUT2D eigenvalue weighted by Gasteiger charge is -2.06. The number of nitrogens with one attached hydrogen (secondary N) is 1.